The molecule has 6 rings (SSSR count). The maximum atomic E-state index is 12.5. The first kappa shape index (κ1) is 65.7. The molecule has 73 heavy (non-hydrogen) atoms. The Labute approximate surface area is 451 Å². The van der Waals surface area contributed by atoms with E-state index in [9.17, 15) is 18.7 Å². The molecule has 11 nitrogen and oxygen atoms in total. The van der Waals surface area contributed by atoms with Crippen molar-refractivity contribution in [2.75, 3.05) is 13.2 Å². The number of carbonyl (C=O) groups is 2. The number of hydrogen-bond donors (Lipinski definition) is 0. The smallest absolute Gasteiger partial charge is 0.319 e. The zero-order valence-electron chi connectivity index (χ0n) is 42.9. The van der Waals surface area contributed by atoms with Gasteiger partial charge in [-0.2, -0.15) is 0 Å². The fourth-order valence-corrected chi connectivity index (χ4v) is 8.73. The molecule has 1 unspecified atom stereocenters. The molecule has 396 valence electrons. The van der Waals surface area contributed by atoms with Crippen molar-refractivity contribution in [3.63, 3.8) is 0 Å². The quantitative estimate of drug-likeness (QED) is 0.0569. The third kappa shape index (κ3) is 30.7. The van der Waals surface area contributed by atoms with E-state index in [1.165, 1.54) is 20.5 Å². The molecular weight excluding hydrogens is 1060 g/mol. The van der Waals surface area contributed by atoms with Gasteiger partial charge in [-0.05, 0) is 67.6 Å². The van der Waals surface area contributed by atoms with E-state index < -0.39 is 40.6 Å². The lowest BCUT2D eigenvalue weighted by molar-refractivity contribution is -0.112. The van der Waals surface area contributed by atoms with Crippen molar-refractivity contribution in [1.82, 2.24) is 4.90 Å². The Kier molecular flexibility index (Phi) is 34.3. The molecular formula is C55H70Cl3NO10P4. The lowest BCUT2D eigenvalue weighted by Crippen LogP contribution is -2.36. The number of benzene rings is 6. The average molecular weight is 1140 g/mol. The summed E-state index contributed by atoms with van der Waals surface area (Å²) in [6.45, 7) is 18.0. The van der Waals surface area contributed by atoms with Crippen LogP contribution in [0.5, 0.6) is 0 Å². The van der Waals surface area contributed by atoms with Crippen LogP contribution in [0.15, 0.2) is 182 Å². The SMILES string of the molecule is CC(=O)P(=O)(OCc1ccccc1)OCc1ccccc1.CC(=O)P(C)(=O)OCc1ccccc1.CCN(C(C)C)C(C)C.ClP(Cl)Cl.c1ccc(COP(OCc2ccccc2)OCc2ccccc2)cc1. The van der Waals surface area contributed by atoms with E-state index in [0.717, 1.165) is 39.9 Å². The van der Waals surface area contributed by atoms with Gasteiger partial charge in [0, 0.05) is 32.6 Å². The molecule has 0 radical (unpaired) electrons. The van der Waals surface area contributed by atoms with Crippen LogP contribution in [0.2, 0.25) is 0 Å². The molecule has 0 saturated heterocycles. The minimum Gasteiger partial charge on any atom is -0.319 e. The molecule has 18 heteroatoms. The van der Waals surface area contributed by atoms with Gasteiger partial charge in [0.15, 0.2) is 5.98 Å². The summed E-state index contributed by atoms with van der Waals surface area (Å²) in [5.41, 5.74) is 4.90. The first-order valence-corrected chi connectivity index (χ1v) is 32.2. The summed E-state index contributed by atoms with van der Waals surface area (Å²) in [6, 6.07) is 59.3. The van der Waals surface area contributed by atoms with Crippen molar-refractivity contribution in [2.24, 2.45) is 0 Å². The van der Waals surface area contributed by atoms with Crippen molar-refractivity contribution in [3.05, 3.63) is 215 Å². The van der Waals surface area contributed by atoms with Crippen LogP contribution in [0, 0.1) is 0 Å². The summed E-state index contributed by atoms with van der Waals surface area (Å²) >= 11 is 14.6. The van der Waals surface area contributed by atoms with Crippen molar-refractivity contribution < 1.29 is 45.9 Å². The van der Waals surface area contributed by atoms with E-state index in [1.807, 2.05) is 182 Å². The van der Waals surface area contributed by atoms with Crippen LogP contribution in [-0.4, -0.2) is 41.2 Å². The van der Waals surface area contributed by atoms with Crippen LogP contribution >= 0.6 is 63.3 Å². The standard InChI is InChI=1S/C21H21O3P.C16H17O4P.C10H13O3P.C8H19N.Cl3P/c1-4-10-19(11-5-1)16-22-25(23-17-20-12-6-2-7-13-20)24-18-21-14-8-3-9-15-21;1-14(17)21(18,19-12-15-8-4-2-5-9-15)20-13-16-10-6-3-7-11-16;1-9(11)14(2,12)13-8-10-6-4-3-5-7-10;1-6-9(7(2)3)8(4)5;1-4(2)3/h1-15H,16-18H2;2-11H,12-13H2,1H3;3-7H,8H2,1-2H3;7-8H,6H2,1-5H3;. The van der Waals surface area contributed by atoms with Crippen molar-refractivity contribution in [3.8, 4) is 0 Å². The number of rotatable bonds is 23. The van der Waals surface area contributed by atoms with Gasteiger partial charge in [-0.15, -0.1) is 0 Å². The van der Waals surface area contributed by atoms with Gasteiger partial charge in [0.2, 0.25) is 11.0 Å². The highest BCUT2D eigenvalue weighted by Crippen LogP contribution is 2.52. The third-order valence-electron chi connectivity index (χ3n) is 10.00. The topological polar surface area (TPSA) is 127 Å². The van der Waals surface area contributed by atoms with Gasteiger partial charge in [0.05, 0.1) is 39.6 Å². The van der Waals surface area contributed by atoms with Crippen LogP contribution in [0.4, 0.5) is 0 Å². The summed E-state index contributed by atoms with van der Waals surface area (Å²) < 4.78 is 57.3. The van der Waals surface area contributed by atoms with E-state index in [0.29, 0.717) is 31.9 Å². The van der Waals surface area contributed by atoms with E-state index in [-0.39, 0.29) is 19.8 Å². The minimum atomic E-state index is -3.76. The molecule has 0 bridgehead atoms. The largest absolute Gasteiger partial charge is 0.397 e. The highest BCUT2D eigenvalue weighted by atomic mass is 36.0. The Morgan fingerprint density at radius 3 is 0.877 bits per heavy atom. The molecule has 0 amide bonds. The molecule has 6 aromatic rings. The number of halogens is 3. The molecule has 0 heterocycles. The predicted octanol–water partition coefficient (Wildman–Crippen LogP) is 17.7. The Balaban J connectivity index is 0.000000343. The maximum absolute atomic E-state index is 12.5. The second kappa shape index (κ2) is 38.2. The van der Waals surface area contributed by atoms with Crippen molar-refractivity contribution in [2.45, 2.75) is 100 Å². The molecule has 1 atom stereocenters. The van der Waals surface area contributed by atoms with Crippen molar-refractivity contribution in [1.29, 1.82) is 0 Å². The van der Waals surface area contributed by atoms with Gasteiger partial charge >= 0.3 is 16.2 Å². The maximum Gasteiger partial charge on any atom is 0.397 e. The van der Waals surface area contributed by atoms with E-state index in [1.54, 1.807) is 0 Å². The van der Waals surface area contributed by atoms with Crippen LogP contribution in [-0.2, 0) is 85.5 Å². The molecule has 0 aliphatic carbocycles. The lowest BCUT2D eigenvalue weighted by atomic mass is 10.2. The first-order valence-electron chi connectivity index (χ1n) is 23.4. The third-order valence-corrected chi connectivity index (χ3v) is 14.5. The Bertz CT molecular complexity index is 2290. The summed E-state index contributed by atoms with van der Waals surface area (Å²) in [4.78, 5) is 25.0. The molecule has 6 aromatic carbocycles. The van der Waals surface area contributed by atoms with Gasteiger partial charge in [-0.1, -0.05) is 223 Å². The number of hydrogen-bond acceptors (Lipinski definition) is 11. The predicted molar refractivity (Wildman–Crippen MR) is 304 cm³/mol. The molecule has 0 saturated carbocycles. The van der Waals surface area contributed by atoms with Crippen LogP contribution < -0.4 is 0 Å². The lowest BCUT2D eigenvalue weighted by Gasteiger charge is -2.28. The molecule has 0 aliphatic heterocycles. The summed E-state index contributed by atoms with van der Waals surface area (Å²) in [7, 11) is -8.26. The number of nitrogens with zero attached hydrogens (tertiary/aromatic N) is 1. The van der Waals surface area contributed by atoms with E-state index in [2.05, 4.69) is 39.5 Å². The summed E-state index contributed by atoms with van der Waals surface area (Å²) in [5.74, 6) is -1.20. The van der Waals surface area contributed by atoms with E-state index in [4.69, 9.17) is 60.9 Å². The zero-order chi connectivity index (χ0) is 53.9. The Hall–Kier alpha value is -3.43. The van der Waals surface area contributed by atoms with Gasteiger partial charge in [-0.25, -0.2) is 0 Å². The number of carbonyl (C=O) groups excluding carboxylic acids is 2. The fourth-order valence-electron chi connectivity index (χ4n) is 6.09. The Morgan fingerprint density at radius 1 is 0.452 bits per heavy atom. The fraction of sp³-hybridized carbons (Fsp3) is 0.309. The van der Waals surface area contributed by atoms with Gasteiger partial charge in [0.25, 0.3) is 7.37 Å². The van der Waals surface area contributed by atoms with Gasteiger partial charge in [-0.3, -0.25) is 32.7 Å². The average Bonchev–Trinajstić information content (AvgIpc) is 3.39. The molecule has 0 fully saturated rings. The van der Waals surface area contributed by atoms with Crippen LogP contribution in [0.3, 0.4) is 0 Å². The minimum absolute atomic E-state index is 0.0759. The Morgan fingerprint density at radius 2 is 0.685 bits per heavy atom. The molecule has 0 spiro atoms. The summed E-state index contributed by atoms with van der Waals surface area (Å²) in [5, 5.41) is 0. The highest BCUT2D eigenvalue weighted by Gasteiger charge is 2.31. The van der Waals surface area contributed by atoms with Gasteiger partial charge in [0.1, 0.15) is 0 Å². The van der Waals surface area contributed by atoms with Gasteiger partial charge < -0.3 is 18.1 Å². The van der Waals surface area contributed by atoms with Crippen LogP contribution in [0.1, 0.15) is 81.8 Å². The normalized spacial score (nSPS) is 11.8. The molecule has 0 N–H and O–H groups in total. The first-order chi connectivity index (χ1) is 34.8. The molecule has 0 aliphatic rings. The summed E-state index contributed by atoms with van der Waals surface area (Å²) in [6.07, 6.45) is 0. The van der Waals surface area contributed by atoms with Crippen LogP contribution in [0.25, 0.3) is 0 Å². The second-order valence-corrected chi connectivity index (χ2v) is 27.3. The molecule has 0 aromatic heterocycles. The zero-order valence-corrected chi connectivity index (χ0v) is 48.7. The van der Waals surface area contributed by atoms with Crippen molar-refractivity contribution >= 4 is 74.3 Å². The van der Waals surface area contributed by atoms with E-state index >= 15 is 0 Å². The highest BCUT2D eigenvalue weighted by molar-refractivity contribution is 8.20. The second-order valence-electron chi connectivity index (χ2n) is 16.4. The monoisotopic (exact) mass is 1130 g/mol.